The molecule has 1 heterocycles. The second-order valence-electron chi connectivity index (χ2n) is 3.29. The fourth-order valence-electron chi connectivity index (χ4n) is 1.29. The van der Waals surface area contributed by atoms with Crippen LogP contribution >= 0.6 is 24.2 Å². The number of ether oxygens (including phenoxy) is 1. The number of nitrogens with zero attached hydrogens (tertiary/aromatic N) is 1. The molecule has 0 saturated carbocycles. The van der Waals surface area contributed by atoms with Gasteiger partial charge in [0.15, 0.2) is 0 Å². The molecule has 0 atom stereocenters. The first-order valence-corrected chi connectivity index (χ1v) is 6.22. The van der Waals surface area contributed by atoms with E-state index in [2.05, 4.69) is 4.90 Å². The number of carbonyl (C=O) groups is 2. The van der Waals surface area contributed by atoms with Crippen LogP contribution in [0.15, 0.2) is 12.2 Å². The van der Waals surface area contributed by atoms with Crippen molar-refractivity contribution in [2.75, 3.05) is 37.7 Å². The number of thioether (sulfide) groups is 1. The highest BCUT2D eigenvalue weighted by atomic mass is 35.5. The Balaban J connectivity index is 0.00000256. The van der Waals surface area contributed by atoms with Gasteiger partial charge in [0.2, 0.25) is 0 Å². The van der Waals surface area contributed by atoms with Crippen molar-refractivity contribution in [3.8, 4) is 0 Å². The minimum absolute atomic E-state index is 0. The molecule has 0 amide bonds. The summed E-state index contributed by atoms with van der Waals surface area (Å²) in [6, 6.07) is 0. The molecule has 1 saturated heterocycles. The standard InChI is InChI=1S/C10H15NO4S.ClH/c12-9(13)1-2-10(14)15-6-3-11-4-7-16-8-5-11;/h1-2H,3-8H2,(H,12,13);1H/b2-1+;. The van der Waals surface area contributed by atoms with E-state index in [1.165, 1.54) is 0 Å². The van der Waals surface area contributed by atoms with Gasteiger partial charge in [0.25, 0.3) is 0 Å². The topological polar surface area (TPSA) is 66.8 Å². The second kappa shape index (κ2) is 9.32. The van der Waals surface area contributed by atoms with Crippen molar-refractivity contribution in [2.24, 2.45) is 0 Å². The number of carboxylic acids is 1. The van der Waals surface area contributed by atoms with Gasteiger partial charge in [0.05, 0.1) is 0 Å². The molecule has 0 bridgehead atoms. The van der Waals surface area contributed by atoms with Crippen molar-refractivity contribution < 1.29 is 19.4 Å². The molecule has 0 aromatic carbocycles. The third-order valence-corrected chi connectivity index (χ3v) is 3.06. The molecule has 0 aliphatic carbocycles. The molecule has 7 heteroatoms. The lowest BCUT2D eigenvalue weighted by atomic mass is 10.4. The molecular formula is C10H16ClNO4S. The monoisotopic (exact) mass is 281 g/mol. The van der Waals surface area contributed by atoms with Crippen LogP contribution in [0.25, 0.3) is 0 Å². The first-order valence-electron chi connectivity index (χ1n) is 5.06. The van der Waals surface area contributed by atoms with Gasteiger partial charge in [-0.1, -0.05) is 0 Å². The number of carbonyl (C=O) groups excluding carboxylic acids is 1. The molecule has 1 aliphatic rings. The van der Waals surface area contributed by atoms with Crippen molar-refractivity contribution in [3.05, 3.63) is 12.2 Å². The lowest BCUT2D eigenvalue weighted by molar-refractivity contribution is -0.139. The van der Waals surface area contributed by atoms with Crippen LogP contribution in [-0.2, 0) is 14.3 Å². The Morgan fingerprint density at radius 1 is 1.29 bits per heavy atom. The van der Waals surface area contributed by atoms with Crippen LogP contribution in [0, 0.1) is 0 Å². The summed E-state index contributed by atoms with van der Waals surface area (Å²) < 4.78 is 4.86. The minimum Gasteiger partial charge on any atom is -0.478 e. The largest absolute Gasteiger partial charge is 0.478 e. The number of halogens is 1. The Morgan fingerprint density at radius 2 is 1.94 bits per heavy atom. The fraction of sp³-hybridized carbons (Fsp3) is 0.600. The summed E-state index contributed by atoms with van der Waals surface area (Å²) in [4.78, 5) is 23.3. The third kappa shape index (κ3) is 8.06. The van der Waals surface area contributed by atoms with Gasteiger partial charge in [-0.2, -0.15) is 11.8 Å². The van der Waals surface area contributed by atoms with Crippen LogP contribution in [0.5, 0.6) is 0 Å². The Labute approximate surface area is 111 Å². The number of hydrogen-bond acceptors (Lipinski definition) is 5. The van der Waals surface area contributed by atoms with E-state index < -0.39 is 11.9 Å². The average Bonchev–Trinajstić information content (AvgIpc) is 2.28. The zero-order valence-corrected chi connectivity index (χ0v) is 11.0. The Hall–Kier alpha value is -0.720. The number of rotatable bonds is 5. The van der Waals surface area contributed by atoms with Crippen LogP contribution in [-0.4, -0.2) is 59.7 Å². The summed E-state index contributed by atoms with van der Waals surface area (Å²) in [5, 5.41) is 8.29. The zero-order valence-electron chi connectivity index (χ0n) is 9.33. The summed E-state index contributed by atoms with van der Waals surface area (Å²) >= 11 is 1.92. The molecule has 98 valence electrons. The predicted molar refractivity (Wildman–Crippen MR) is 68.7 cm³/mol. The SMILES string of the molecule is Cl.O=C(O)/C=C/C(=O)OCCN1CCSCC1. The second-order valence-corrected chi connectivity index (χ2v) is 4.52. The first-order chi connectivity index (χ1) is 7.68. The molecule has 0 aromatic heterocycles. The van der Waals surface area contributed by atoms with Crippen molar-refractivity contribution in [1.29, 1.82) is 0 Å². The smallest absolute Gasteiger partial charge is 0.331 e. The Kier molecular flexibility index (Phi) is 8.93. The van der Waals surface area contributed by atoms with Crippen molar-refractivity contribution >= 4 is 36.1 Å². The first kappa shape index (κ1) is 16.3. The predicted octanol–water partition coefficient (Wildman–Crippen LogP) is 0.641. The molecule has 1 fully saturated rings. The molecular weight excluding hydrogens is 266 g/mol. The normalized spacial score (nSPS) is 16.5. The third-order valence-electron chi connectivity index (χ3n) is 2.12. The average molecular weight is 282 g/mol. The van der Waals surface area contributed by atoms with Crippen molar-refractivity contribution in [1.82, 2.24) is 4.90 Å². The summed E-state index contributed by atoms with van der Waals surface area (Å²) in [5.41, 5.74) is 0. The zero-order chi connectivity index (χ0) is 11.8. The molecule has 0 radical (unpaired) electrons. The van der Waals surface area contributed by atoms with Crippen LogP contribution < -0.4 is 0 Å². The Morgan fingerprint density at radius 3 is 2.53 bits per heavy atom. The van der Waals surface area contributed by atoms with Crippen LogP contribution in [0.2, 0.25) is 0 Å². The van der Waals surface area contributed by atoms with Gasteiger partial charge in [-0.3, -0.25) is 4.90 Å². The van der Waals surface area contributed by atoms with E-state index in [0.29, 0.717) is 13.2 Å². The van der Waals surface area contributed by atoms with Gasteiger partial charge in [-0.25, -0.2) is 9.59 Å². The molecule has 1 rings (SSSR count). The number of carboxylic acid groups (broad SMARTS) is 1. The minimum atomic E-state index is -1.15. The number of esters is 1. The molecule has 17 heavy (non-hydrogen) atoms. The highest BCUT2D eigenvalue weighted by Crippen LogP contribution is 2.08. The molecule has 0 spiro atoms. The van der Waals surface area contributed by atoms with Gasteiger partial charge in [-0.05, 0) is 0 Å². The van der Waals surface area contributed by atoms with E-state index in [4.69, 9.17) is 9.84 Å². The van der Waals surface area contributed by atoms with Crippen LogP contribution in [0.4, 0.5) is 0 Å². The fourth-order valence-corrected chi connectivity index (χ4v) is 2.27. The van der Waals surface area contributed by atoms with Gasteiger partial charge >= 0.3 is 11.9 Å². The highest BCUT2D eigenvalue weighted by molar-refractivity contribution is 7.99. The van der Waals surface area contributed by atoms with Crippen LogP contribution in [0.1, 0.15) is 0 Å². The number of hydrogen-bond donors (Lipinski definition) is 1. The molecule has 0 aromatic rings. The summed E-state index contributed by atoms with van der Waals surface area (Å²) in [6.45, 7) is 3.07. The van der Waals surface area contributed by atoms with E-state index in [0.717, 1.165) is 36.7 Å². The van der Waals surface area contributed by atoms with Gasteiger partial charge in [0.1, 0.15) is 6.61 Å². The molecule has 0 unspecified atom stereocenters. The van der Waals surface area contributed by atoms with E-state index in [9.17, 15) is 9.59 Å². The quantitative estimate of drug-likeness (QED) is 0.589. The summed E-state index contributed by atoms with van der Waals surface area (Å²) in [6.07, 6.45) is 1.70. The van der Waals surface area contributed by atoms with E-state index in [1.54, 1.807) is 0 Å². The van der Waals surface area contributed by atoms with Gasteiger partial charge in [-0.15, -0.1) is 12.4 Å². The van der Waals surface area contributed by atoms with Crippen molar-refractivity contribution in [3.63, 3.8) is 0 Å². The van der Waals surface area contributed by atoms with Gasteiger partial charge < -0.3 is 9.84 Å². The number of aliphatic carboxylic acids is 1. The van der Waals surface area contributed by atoms with Crippen LogP contribution in [0.3, 0.4) is 0 Å². The van der Waals surface area contributed by atoms with E-state index >= 15 is 0 Å². The highest BCUT2D eigenvalue weighted by Gasteiger charge is 2.10. The van der Waals surface area contributed by atoms with E-state index in [-0.39, 0.29) is 12.4 Å². The maximum absolute atomic E-state index is 11.0. The van der Waals surface area contributed by atoms with E-state index in [1.807, 2.05) is 11.8 Å². The lowest BCUT2D eigenvalue weighted by Crippen LogP contribution is -2.35. The molecule has 1 aliphatic heterocycles. The Bertz CT molecular complexity index is 279. The maximum atomic E-state index is 11.0. The molecule has 5 nitrogen and oxygen atoms in total. The maximum Gasteiger partial charge on any atom is 0.331 e. The summed E-state index contributed by atoms with van der Waals surface area (Å²) in [5.74, 6) is 0.485. The lowest BCUT2D eigenvalue weighted by Gasteiger charge is -2.25. The van der Waals surface area contributed by atoms with Gasteiger partial charge in [0, 0.05) is 43.3 Å². The molecule has 1 N–H and O–H groups in total. The summed E-state index contributed by atoms with van der Waals surface area (Å²) in [7, 11) is 0. The van der Waals surface area contributed by atoms with Crippen molar-refractivity contribution in [2.45, 2.75) is 0 Å².